The summed E-state index contributed by atoms with van der Waals surface area (Å²) in [6.07, 6.45) is 2.62. The van der Waals surface area contributed by atoms with E-state index in [0.29, 0.717) is 41.8 Å². The highest BCUT2D eigenvalue weighted by Crippen LogP contribution is 2.27. The minimum absolute atomic E-state index is 0.153. The van der Waals surface area contributed by atoms with E-state index in [9.17, 15) is 14.4 Å². The lowest BCUT2D eigenvalue weighted by Crippen LogP contribution is -2.41. The van der Waals surface area contributed by atoms with E-state index >= 15 is 0 Å². The molecule has 0 spiro atoms. The van der Waals surface area contributed by atoms with Gasteiger partial charge in [0.15, 0.2) is 0 Å². The maximum atomic E-state index is 13.1. The Morgan fingerprint density at radius 2 is 1.57 bits per heavy atom. The number of rotatable bonds is 7. The third-order valence-electron chi connectivity index (χ3n) is 8.17. The molecule has 0 saturated carbocycles. The van der Waals surface area contributed by atoms with Crippen molar-refractivity contribution in [3.63, 3.8) is 0 Å². The minimum atomic E-state index is -0.415. The SMILES string of the molecule is COC(=O)c1ccc(NC(=O)N2CCC(Cc3cccc(NC(=O)Nc4cc(C(C)(C)C)nn4-c4ccc(C)cc4)c3)CC2)cc1. The van der Waals surface area contributed by atoms with Crippen LogP contribution in [0.3, 0.4) is 0 Å². The molecule has 2 heterocycles. The smallest absolute Gasteiger partial charge is 0.337 e. The highest BCUT2D eigenvalue weighted by molar-refractivity contribution is 5.99. The van der Waals surface area contributed by atoms with Gasteiger partial charge < -0.3 is 20.3 Å². The molecule has 4 aromatic rings. The molecular weight excluding hydrogens is 580 g/mol. The summed E-state index contributed by atoms with van der Waals surface area (Å²) < 4.78 is 6.49. The number of amides is 4. The molecule has 10 heteroatoms. The number of anilines is 3. The zero-order valence-corrected chi connectivity index (χ0v) is 27.1. The Bertz CT molecular complexity index is 1680. The molecule has 4 amide bonds. The van der Waals surface area contributed by atoms with Crippen molar-refractivity contribution < 1.29 is 19.1 Å². The number of nitrogens with one attached hydrogen (secondary N) is 3. The second-order valence-electron chi connectivity index (χ2n) is 12.8. The van der Waals surface area contributed by atoms with Crippen LogP contribution in [0.1, 0.15) is 60.8 Å². The lowest BCUT2D eigenvalue weighted by Gasteiger charge is -2.32. The number of aryl methyl sites for hydroxylation is 1. The molecule has 1 aromatic heterocycles. The molecule has 0 aliphatic carbocycles. The molecule has 10 nitrogen and oxygen atoms in total. The van der Waals surface area contributed by atoms with E-state index in [0.717, 1.165) is 41.8 Å². The molecule has 0 unspecified atom stereocenters. The second-order valence-corrected chi connectivity index (χ2v) is 12.8. The summed E-state index contributed by atoms with van der Waals surface area (Å²) in [6.45, 7) is 9.63. The van der Waals surface area contributed by atoms with Gasteiger partial charge in [-0.3, -0.25) is 5.32 Å². The van der Waals surface area contributed by atoms with Crippen LogP contribution in [0.4, 0.5) is 26.8 Å². The first-order valence-electron chi connectivity index (χ1n) is 15.6. The van der Waals surface area contributed by atoms with Crippen LogP contribution in [0.5, 0.6) is 0 Å². The minimum Gasteiger partial charge on any atom is -0.465 e. The van der Waals surface area contributed by atoms with Gasteiger partial charge in [-0.05, 0) is 86.2 Å². The molecular formula is C36H42N6O4. The van der Waals surface area contributed by atoms with E-state index < -0.39 is 5.97 Å². The first-order valence-corrected chi connectivity index (χ1v) is 15.6. The maximum absolute atomic E-state index is 13.1. The lowest BCUT2D eigenvalue weighted by atomic mass is 9.90. The number of piperidine rings is 1. The largest absolute Gasteiger partial charge is 0.465 e. The molecule has 1 aliphatic rings. The summed E-state index contributed by atoms with van der Waals surface area (Å²) in [5, 5.41) is 13.7. The summed E-state index contributed by atoms with van der Waals surface area (Å²) >= 11 is 0. The van der Waals surface area contributed by atoms with Gasteiger partial charge in [0.1, 0.15) is 5.82 Å². The summed E-state index contributed by atoms with van der Waals surface area (Å²) in [5.41, 5.74) is 5.61. The Kier molecular flexibility index (Phi) is 9.75. The van der Waals surface area contributed by atoms with Crippen LogP contribution in [-0.2, 0) is 16.6 Å². The molecule has 0 bridgehead atoms. The average Bonchev–Trinajstić information content (AvgIpc) is 3.46. The summed E-state index contributed by atoms with van der Waals surface area (Å²) in [6, 6.07) is 24.0. The topological polar surface area (TPSA) is 118 Å². The predicted molar refractivity (Wildman–Crippen MR) is 181 cm³/mol. The van der Waals surface area contributed by atoms with E-state index in [-0.39, 0.29) is 17.5 Å². The van der Waals surface area contributed by atoms with Gasteiger partial charge in [-0.25, -0.2) is 19.1 Å². The standard InChI is InChI=1S/C36H42N6O4/c1-24-9-15-30(16-10-24)42-32(23-31(40-42)36(2,3)4)39-34(44)37-29-8-6-7-26(22-29)21-25-17-19-41(20-18-25)35(45)38-28-13-11-27(12-14-28)33(43)46-5/h6-16,22-23,25H,17-21H2,1-5H3,(H,38,45)(H2,37,39,44). The average molecular weight is 623 g/mol. The summed E-state index contributed by atoms with van der Waals surface area (Å²) in [4.78, 5) is 39.4. The van der Waals surface area contributed by atoms with Crippen molar-refractivity contribution in [3.05, 3.63) is 101 Å². The quantitative estimate of drug-likeness (QED) is 0.186. The van der Waals surface area contributed by atoms with Gasteiger partial charge >= 0.3 is 18.0 Å². The van der Waals surface area contributed by atoms with Crippen LogP contribution in [0.2, 0.25) is 0 Å². The fraction of sp³-hybridized carbons (Fsp3) is 0.333. The van der Waals surface area contributed by atoms with Crippen molar-refractivity contribution in [2.75, 3.05) is 36.1 Å². The van der Waals surface area contributed by atoms with E-state index in [1.165, 1.54) is 7.11 Å². The summed E-state index contributed by atoms with van der Waals surface area (Å²) in [5.74, 6) is 0.602. The van der Waals surface area contributed by atoms with Crippen molar-refractivity contribution in [2.24, 2.45) is 5.92 Å². The molecule has 0 radical (unpaired) electrons. The molecule has 46 heavy (non-hydrogen) atoms. The number of nitrogens with zero attached hydrogens (tertiary/aromatic N) is 3. The Hall–Kier alpha value is -5.12. The first kappa shape index (κ1) is 32.3. The van der Waals surface area contributed by atoms with E-state index in [1.807, 2.05) is 60.4 Å². The third-order valence-corrected chi connectivity index (χ3v) is 8.17. The second kappa shape index (κ2) is 13.9. The fourth-order valence-corrected chi connectivity index (χ4v) is 5.46. The van der Waals surface area contributed by atoms with Gasteiger partial charge in [-0.15, -0.1) is 0 Å². The van der Waals surface area contributed by atoms with Crippen molar-refractivity contribution in [3.8, 4) is 5.69 Å². The fourth-order valence-electron chi connectivity index (χ4n) is 5.46. The van der Waals surface area contributed by atoms with Crippen LogP contribution in [0.15, 0.2) is 78.9 Å². The Balaban J connectivity index is 1.15. The molecule has 0 atom stereocenters. The molecule has 1 fully saturated rings. The van der Waals surface area contributed by atoms with Crippen molar-refractivity contribution in [1.29, 1.82) is 0 Å². The number of aromatic nitrogens is 2. The van der Waals surface area contributed by atoms with E-state index in [1.54, 1.807) is 28.9 Å². The first-order chi connectivity index (χ1) is 22.0. The third kappa shape index (κ3) is 8.12. The number of urea groups is 2. The Morgan fingerprint density at radius 3 is 2.22 bits per heavy atom. The highest BCUT2D eigenvalue weighted by Gasteiger charge is 2.24. The highest BCUT2D eigenvalue weighted by atomic mass is 16.5. The molecule has 3 N–H and O–H groups in total. The zero-order chi connectivity index (χ0) is 32.8. The van der Waals surface area contributed by atoms with Crippen LogP contribution in [0, 0.1) is 12.8 Å². The number of carbonyl (C=O) groups excluding carboxylic acids is 3. The molecule has 3 aromatic carbocycles. The van der Waals surface area contributed by atoms with Crippen molar-refractivity contribution >= 4 is 35.2 Å². The monoisotopic (exact) mass is 622 g/mol. The van der Waals surface area contributed by atoms with Crippen LogP contribution in [0.25, 0.3) is 5.69 Å². The van der Waals surface area contributed by atoms with Crippen LogP contribution >= 0.6 is 0 Å². The van der Waals surface area contributed by atoms with Gasteiger partial charge in [0, 0.05) is 35.9 Å². The summed E-state index contributed by atoms with van der Waals surface area (Å²) in [7, 11) is 1.34. The number of methoxy groups -OCH3 is 1. The number of esters is 1. The Morgan fingerprint density at radius 1 is 0.870 bits per heavy atom. The number of hydrogen-bond donors (Lipinski definition) is 3. The van der Waals surface area contributed by atoms with Crippen LogP contribution < -0.4 is 16.0 Å². The van der Waals surface area contributed by atoms with Gasteiger partial charge in [0.25, 0.3) is 0 Å². The normalized spacial score (nSPS) is 13.6. The molecule has 1 saturated heterocycles. The molecule has 240 valence electrons. The van der Waals surface area contributed by atoms with Crippen molar-refractivity contribution in [2.45, 2.75) is 52.4 Å². The number of ether oxygens (including phenoxy) is 1. The molecule has 5 rings (SSSR count). The molecule has 1 aliphatic heterocycles. The lowest BCUT2D eigenvalue weighted by molar-refractivity contribution is 0.0600. The number of likely N-dealkylation sites (tertiary alicyclic amines) is 1. The van der Waals surface area contributed by atoms with Crippen molar-refractivity contribution in [1.82, 2.24) is 14.7 Å². The van der Waals surface area contributed by atoms with Gasteiger partial charge in [0.05, 0.1) is 24.1 Å². The number of carbonyl (C=O) groups is 3. The van der Waals surface area contributed by atoms with Gasteiger partial charge in [-0.2, -0.15) is 5.10 Å². The van der Waals surface area contributed by atoms with Gasteiger partial charge in [0.2, 0.25) is 0 Å². The van der Waals surface area contributed by atoms with E-state index in [4.69, 9.17) is 9.84 Å². The zero-order valence-electron chi connectivity index (χ0n) is 27.1. The van der Waals surface area contributed by atoms with Crippen LogP contribution in [-0.4, -0.2) is 52.9 Å². The van der Waals surface area contributed by atoms with Gasteiger partial charge in [-0.1, -0.05) is 50.6 Å². The number of benzene rings is 3. The Labute approximate surface area is 270 Å². The predicted octanol–water partition coefficient (Wildman–Crippen LogP) is 7.40. The maximum Gasteiger partial charge on any atom is 0.337 e. The number of hydrogen-bond acceptors (Lipinski definition) is 5. The van der Waals surface area contributed by atoms with E-state index in [2.05, 4.69) is 42.8 Å².